The van der Waals surface area contributed by atoms with Gasteiger partial charge in [-0.25, -0.2) is 0 Å². The van der Waals surface area contributed by atoms with Crippen molar-refractivity contribution >= 4 is 11.8 Å². The Morgan fingerprint density at radius 1 is 1.17 bits per heavy atom. The molecule has 2 rings (SSSR count). The van der Waals surface area contributed by atoms with Crippen molar-refractivity contribution in [1.29, 1.82) is 0 Å². The van der Waals surface area contributed by atoms with Crippen LogP contribution in [0.5, 0.6) is 0 Å². The zero-order valence-electron chi connectivity index (χ0n) is 11.1. The lowest BCUT2D eigenvalue weighted by molar-refractivity contribution is 0.481. The van der Waals surface area contributed by atoms with E-state index in [1.165, 1.54) is 16.0 Å². The number of nitrogens with two attached hydrogens (primary N) is 1. The second-order valence-electron chi connectivity index (χ2n) is 4.56. The summed E-state index contributed by atoms with van der Waals surface area (Å²) in [5.41, 5.74) is 8.43. The van der Waals surface area contributed by atoms with E-state index >= 15 is 0 Å². The van der Waals surface area contributed by atoms with Crippen molar-refractivity contribution in [1.82, 2.24) is 0 Å². The molecule has 18 heavy (non-hydrogen) atoms. The zero-order chi connectivity index (χ0) is 13.1. The van der Waals surface area contributed by atoms with E-state index in [1.54, 1.807) is 11.8 Å². The highest BCUT2D eigenvalue weighted by atomic mass is 32.2. The average molecular weight is 261 g/mol. The smallest absolute Gasteiger partial charge is 0.118 e. The first-order valence-electron chi connectivity index (χ1n) is 6.10. The molecule has 1 atom stereocenters. The van der Waals surface area contributed by atoms with Gasteiger partial charge in [0.2, 0.25) is 0 Å². The van der Waals surface area contributed by atoms with Crippen molar-refractivity contribution in [2.75, 3.05) is 6.54 Å². The fourth-order valence-corrected chi connectivity index (χ4v) is 2.99. The third-order valence-corrected chi connectivity index (χ3v) is 4.31. The molecule has 2 N–H and O–H groups in total. The molecule has 0 radical (unpaired) electrons. The molecule has 0 aliphatic rings. The summed E-state index contributed by atoms with van der Waals surface area (Å²) in [7, 11) is 0. The minimum absolute atomic E-state index is 0.180. The summed E-state index contributed by atoms with van der Waals surface area (Å²) < 4.78 is 5.68. The number of hydrogen-bond donors (Lipinski definition) is 1. The van der Waals surface area contributed by atoms with Gasteiger partial charge in [-0.3, -0.25) is 0 Å². The molecule has 0 aliphatic carbocycles. The van der Waals surface area contributed by atoms with Crippen LogP contribution in [0, 0.1) is 20.8 Å². The van der Waals surface area contributed by atoms with Gasteiger partial charge in [-0.15, -0.1) is 11.8 Å². The van der Waals surface area contributed by atoms with Crippen LogP contribution in [0.4, 0.5) is 0 Å². The first-order chi connectivity index (χ1) is 8.60. The van der Waals surface area contributed by atoms with Crippen molar-refractivity contribution in [2.24, 2.45) is 5.73 Å². The van der Waals surface area contributed by atoms with Gasteiger partial charge in [0.05, 0.1) is 5.25 Å². The molecule has 0 saturated heterocycles. The molecule has 3 heteroatoms. The second-order valence-corrected chi connectivity index (χ2v) is 5.80. The van der Waals surface area contributed by atoms with Crippen molar-refractivity contribution in [3.8, 4) is 0 Å². The number of hydrogen-bond acceptors (Lipinski definition) is 3. The second kappa shape index (κ2) is 5.63. The Balaban J connectivity index is 2.22. The summed E-state index contributed by atoms with van der Waals surface area (Å²) in [6, 6.07) is 10.5. The summed E-state index contributed by atoms with van der Waals surface area (Å²) in [4.78, 5) is 1.28. The van der Waals surface area contributed by atoms with Gasteiger partial charge < -0.3 is 10.2 Å². The summed E-state index contributed by atoms with van der Waals surface area (Å²) in [6.07, 6.45) is 0. The molecule has 1 aromatic heterocycles. The fourth-order valence-electron chi connectivity index (χ4n) is 1.84. The van der Waals surface area contributed by atoms with Gasteiger partial charge in [0.1, 0.15) is 11.5 Å². The molecule has 1 unspecified atom stereocenters. The Labute approximate surface area is 113 Å². The van der Waals surface area contributed by atoms with Crippen LogP contribution >= 0.6 is 11.8 Å². The lowest BCUT2D eigenvalue weighted by atomic mass is 10.2. The highest BCUT2D eigenvalue weighted by Gasteiger charge is 2.16. The van der Waals surface area contributed by atoms with Gasteiger partial charge in [-0.05, 0) is 44.5 Å². The maximum atomic E-state index is 5.87. The molecule has 0 bridgehead atoms. The van der Waals surface area contributed by atoms with Crippen molar-refractivity contribution in [3.05, 3.63) is 53.0 Å². The van der Waals surface area contributed by atoms with Crippen LogP contribution in [0.1, 0.15) is 27.9 Å². The highest BCUT2D eigenvalue weighted by molar-refractivity contribution is 7.99. The molecule has 0 amide bonds. The number of thioether (sulfide) groups is 1. The third-order valence-electron chi connectivity index (χ3n) is 2.91. The Morgan fingerprint density at radius 2 is 1.94 bits per heavy atom. The van der Waals surface area contributed by atoms with Crippen molar-refractivity contribution in [3.63, 3.8) is 0 Å². The van der Waals surface area contributed by atoms with E-state index in [2.05, 4.69) is 32.0 Å². The molecular formula is C15H19NOS. The molecule has 2 aromatic rings. The highest BCUT2D eigenvalue weighted by Crippen LogP contribution is 2.37. The van der Waals surface area contributed by atoms with E-state index in [-0.39, 0.29) is 5.25 Å². The van der Waals surface area contributed by atoms with Crippen LogP contribution in [0.3, 0.4) is 0 Å². The number of rotatable bonds is 4. The Kier molecular flexibility index (Phi) is 4.15. The van der Waals surface area contributed by atoms with E-state index in [1.807, 2.05) is 19.1 Å². The first-order valence-corrected chi connectivity index (χ1v) is 6.98. The van der Waals surface area contributed by atoms with Crippen LogP contribution in [-0.4, -0.2) is 6.54 Å². The number of aryl methyl sites for hydroxylation is 3. The molecule has 0 spiro atoms. The Bertz CT molecular complexity index is 533. The van der Waals surface area contributed by atoms with Crippen LogP contribution in [-0.2, 0) is 0 Å². The average Bonchev–Trinajstić information content (AvgIpc) is 2.77. The summed E-state index contributed by atoms with van der Waals surface area (Å²) >= 11 is 1.78. The maximum Gasteiger partial charge on any atom is 0.118 e. The molecule has 2 nitrogen and oxygen atoms in total. The molecule has 96 valence electrons. The van der Waals surface area contributed by atoms with Gasteiger partial charge in [0.25, 0.3) is 0 Å². The van der Waals surface area contributed by atoms with E-state index in [4.69, 9.17) is 10.2 Å². The summed E-state index contributed by atoms with van der Waals surface area (Å²) in [5, 5.41) is 0.180. The van der Waals surface area contributed by atoms with Gasteiger partial charge >= 0.3 is 0 Å². The van der Waals surface area contributed by atoms with Crippen molar-refractivity contribution < 1.29 is 4.42 Å². The predicted molar refractivity (Wildman–Crippen MR) is 77.0 cm³/mol. The molecule has 0 saturated carbocycles. The largest absolute Gasteiger partial charge is 0.465 e. The number of furan rings is 1. The Hall–Kier alpha value is -1.19. The fraction of sp³-hybridized carbons (Fsp3) is 0.333. The van der Waals surface area contributed by atoms with Gasteiger partial charge in [0.15, 0.2) is 0 Å². The van der Waals surface area contributed by atoms with E-state index in [0.29, 0.717) is 6.54 Å². The molecule has 0 aliphatic heterocycles. The minimum atomic E-state index is 0.180. The van der Waals surface area contributed by atoms with Crippen LogP contribution < -0.4 is 5.73 Å². The monoisotopic (exact) mass is 261 g/mol. The van der Waals surface area contributed by atoms with E-state index in [0.717, 1.165) is 11.5 Å². The van der Waals surface area contributed by atoms with E-state index < -0.39 is 0 Å². The summed E-state index contributed by atoms with van der Waals surface area (Å²) in [5.74, 6) is 1.89. The predicted octanol–water partition coefficient (Wildman–Crippen LogP) is 4.00. The summed E-state index contributed by atoms with van der Waals surface area (Å²) in [6.45, 7) is 6.77. The topological polar surface area (TPSA) is 39.2 Å². The molecule has 1 aromatic carbocycles. The molecule has 0 fully saturated rings. The van der Waals surface area contributed by atoms with Crippen molar-refractivity contribution in [2.45, 2.75) is 30.9 Å². The number of benzene rings is 1. The van der Waals surface area contributed by atoms with Gasteiger partial charge in [-0.1, -0.05) is 17.7 Å². The minimum Gasteiger partial charge on any atom is -0.465 e. The van der Waals surface area contributed by atoms with Gasteiger partial charge in [-0.2, -0.15) is 0 Å². The lowest BCUT2D eigenvalue weighted by Crippen LogP contribution is -2.08. The quantitative estimate of drug-likeness (QED) is 0.846. The van der Waals surface area contributed by atoms with Crippen LogP contribution in [0.25, 0.3) is 0 Å². The SMILES string of the molecule is Cc1ccc(C)c(SC(CN)c2ccc(C)o2)c1. The maximum absolute atomic E-state index is 5.87. The third kappa shape index (κ3) is 2.98. The molecular weight excluding hydrogens is 242 g/mol. The van der Waals surface area contributed by atoms with E-state index in [9.17, 15) is 0 Å². The lowest BCUT2D eigenvalue weighted by Gasteiger charge is -2.14. The molecule has 1 heterocycles. The standard InChI is InChI=1S/C15H19NOS/c1-10-4-5-11(2)14(8-10)18-15(9-16)13-7-6-12(3)17-13/h4-8,15H,9,16H2,1-3H3. The zero-order valence-corrected chi connectivity index (χ0v) is 11.9. The normalized spacial score (nSPS) is 12.7. The van der Waals surface area contributed by atoms with Gasteiger partial charge in [0, 0.05) is 11.4 Å². The Morgan fingerprint density at radius 3 is 2.56 bits per heavy atom. The first kappa shape index (κ1) is 13.2. The van der Waals surface area contributed by atoms with Crippen LogP contribution in [0.2, 0.25) is 0 Å². The van der Waals surface area contributed by atoms with Crippen LogP contribution in [0.15, 0.2) is 39.6 Å².